The van der Waals surface area contributed by atoms with Crippen molar-refractivity contribution in [3.05, 3.63) is 47.3 Å². The van der Waals surface area contributed by atoms with Gasteiger partial charge in [0, 0.05) is 6.07 Å². The quantitative estimate of drug-likeness (QED) is 0.572. The van der Waals surface area contributed by atoms with Crippen LogP contribution in [0.1, 0.15) is 11.1 Å². The zero-order chi connectivity index (χ0) is 12.0. The monoisotopic (exact) mass is 230 g/mol. The summed E-state index contributed by atoms with van der Waals surface area (Å²) in [6, 6.07) is 8.68. The summed E-state index contributed by atoms with van der Waals surface area (Å²) in [7, 11) is 0. The summed E-state index contributed by atoms with van der Waals surface area (Å²) in [4.78, 5) is 0. The van der Waals surface area contributed by atoms with Crippen molar-refractivity contribution in [2.75, 3.05) is 0 Å². The minimum absolute atomic E-state index is 0.288. The summed E-state index contributed by atoms with van der Waals surface area (Å²) in [6.07, 6.45) is 0. The van der Waals surface area contributed by atoms with Crippen molar-refractivity contribution in [3.63, 3.8) is 0 Å². The molecule has 1 aliphatic heterocycles. The van der Waals surface area contributed by atoms with Gasteiger partial charge in [-0.25, -0.2) is 4.39 Å². The largest absolute Gasteiger partial charge is 0.449 e. The smallest absolute Gasteiger partial charge is 0.173 e. The van der Waals surface area contributed by atoms with E-state index in [1.165, 1.54) is 6.07 Å². The van der Waals surface area contributed by atoms with Crippen molar-refractivity contribution in [1.82, 2.24) is 0 Å². The molecule has 0 spiro atoms. The number of benzene rings is 2. The molecule has 0 radical (unpaired) electrons. The number of fused-ring (bicyclic) bond motifs is 2. The van der Waals surface area contributed by atoms with Crippen molar-refractivity contribution < 1.29 is 13.9 Å². The van der Waals surface area contributed by atoms with Crippen LogP contribution >= 0.6 is 0 Å². The Labute approximate surface area is 98.6 Å². The van der Waals surface area contributed by atoms with E-state index in [1.54, 1.807) is 13.0 Å². The van der Waals surface area contributed by atoms with Crippen LogP contribution in [0, 0.1) is 19.7 Å². The van der Waals surface area contributed by atoms with Gasteiger partial charge < -0.3 is 9.47 Å². The molecule has 3 heteroatoms. The fourth-order valence-corrected chi connectivity index (χ4v) is 1.81. The average molecular weight is 230 g/mol. The van der Waals surface area contributed by atoms with E-state index in [9.17, 15) is 4.39 Å². The normalized spacial score (nSPS) is 12.2. The molecule has 0 N–H and O–H groups in total. The van der Waals surface area contributed by atoms with Gasteiger partial charge in [-0.2, -0.15) is 0 Å². The van der Waals surface area contributed by atoms with Crippen molar-refractivity contribution >= 4 is 0 Å². The lowest BCUT2D eigenvalue weighted by molar-refractivity contribution is 0.356. The molecular weight excluding hydrogens is 219 g/mol. The maximum atomic E-state index is 13.4. The first-order chi connectivity index (χ1) is 8.13. The molecule has 0 atom stereocenters. The third-order valence-electron chi connectivity index (χ3n) is 2.76. The molecule has 2 nitrogen and oxygen atoms in total. The summed E-state index contributed by atoms with van der Waals surface area (Å²) < 4.78 is 24.7. The van der Waals surface area contributed by atoms with E-state index >= 15 is 0 Å². The Bertz CT molecular complexity index is 605. The lowest BCUT2D eigenvalue weighted by Crippen LogP contribution is -2.00. The summed E-state index contributed by atoms with van der Waals surface area (Å²) in [6.45, 7) is 3.67. The first-order valence-electron chi connectivity index (χ1n) is 5.40. The second-order valence-corrected chi connectivity index (χ2v) is 4.20. The van der Waals surface area contributed by atoms with Crippen LogP contribution in [-0.2, 0) is 0 Å². The van der Waals surface area contributed by atoms with Gasteiger partial charge in [0.2, 0.25) is 0 Å². The number of halogens is 1. The predicted molar refractivity (Wildman–Crippen MR) is 62.5 cm³/mol. The first-order valence-corrected chi connectivity index (χ1v) is 5.40. The average Bonchev–Trinajstić information content (AvgIpc) is 2.28. The van der Waals surface area contributed by atoms with E-state index in [1.807, 2.05) is 25.1 Å². The Morgan fingerprint density at radius 2 is 1.47 bits per heavy atom. The van der Waals surface area contributed by atoms with Gasteiger partial charge in [-0.05, 0) is 43.2 Å². The lowest BCUT2D eigenvalue weighted by Gasteiger charge is -2.21. The fraction of sp³-hybridized carbons (Fsp3) is 0.143. The van der Waals surface area contributed by atoms with Gasteiger partial charge in [0.05, 0.1) is 0 Å². The number of aryl methyl sites for hydroxylation is 2. The molecule has 0 unspecified atom stereocenters. The summed E-state index contributed by atoms with van der Waals surface area (Å²) >= 11 is 0. The van der Waals surface area contributed by atoms with Crippen LogP contribution in [0.25, 0.3) is 0 Å². The maximum Gasteiger partial charge on any atom is 0.173 e. The van der Waals surface area contributed by atoms with Crippen LogP contribution in [0.5, 0.6) is 23.0 Å². The molecule has 0 saturated heterocycles. The van der Waals surface area contributed by atoms with Gasteiger partial charge in [0.15, 0.2) is 23.0 Å². The van der Waals surface area contributed by atoms with Crippen molar-refractivity contribution in [3.8, 4) is 23.0 Å². The zero-order valence-corrected chi connectivity index (χ0v) is 9.58. The number of hydrogen-bond donors (Lipinski definition) is 0. The van der Waals surface area contributed by atoms with E-state index in [4.69, 9.17) is 9.47 Å². The molecule has 3 rings (SSSR count). The van der Waals surface area contributed by atoms with E-state index < -0.39 is 0 Å². The second-order valence-electron chi connectivity index (χ2n) is 4.20. The van der Waals surface area contributed by atoms with Crippen molar-refractivity contribution in [1.29, 1.82) is 0 Å². The molecule has 2 aromatic rings. The molecule has 2 aromatic carbocycles. The van der Waals surface area contributed by atoms with Gasteiger partial charge in [-0.15, -0.1) is 0 Å². The Balaban J connectivity index is 2.11. The van der Waals surface area contributed by atoms with E-state index in [-0.39, 0.29) is 5.82 Å². The van der Waals surface area contributed by atoms with Gasteiger partial charge in [-0.3, -0.25) is 0 Å². The standard InChI is InChI=1S/C14H11FO2/c1-8-3-4-11-12(5-8)17-14-7-10(15)9(2)6-13(14)16-11/h3-7H,1-2H3. The maximum absolute atomic E-state index is 13.4. The van der Waals surface area contributed by atoms with Crippen molar-refractivity contribution in [2.24, 2.45) is 0 Å². The third kappa shape index (κ3) is 1.64. The van der Waals surface area contributed by atoms with E-state index in [0.717, 1.165) is 5.56 Å². The minimum atomic E-state index is -0.288. The van der Waals surface area contributed by atoms with Crippen molar-refractivity contribution in [2.45, 2.75) is 13.8 Å². The highest BCUT2D eigenvalue weighted by atomic mass is 19.1. The summed E-state index contributed by atoms with van der Waals surface area (Å²) in [5.74, 6) is 1.98. The van der Waals surface area contributed by atoms with Gasteiger partial charge in [0.1, 0.15) is 5.82 Å². The highest BCUT2D eigenvalue weighted by molar-refractivity contribution is 5.56. The van der Waals surface area contributed by atoms with Crippen LogP contribution in [-0.4, -0.2) is 0 Å². The van der Waals surface area contributed by atoms with Crippen LogP contribution in [0.4, 0.5) is 4.39 Å². The van der Waals surface area contributed by atoms with E-state index in [0.29, 0.717) is 28.6 Å². The van der Waals surface area contributed by atoms with Crippen LogP contribution < -0.4 is 9.47 Å². The molecular formula is C14H11FO2. The highest BCUT2D eigenvalue weighted by Crippen LogP contribution is 2.46. The SMILES string of the molecule is Cc1ccc2c(c1)Oc1cc(F)c(C)cc1O2. The molecule has 0 fully saturated rings. The number of ether oxygens (including phenoxy) is 2. The van der Waals surface area contributed by atoms with Gasteiger partial charge >= 0.3 is 0 Å². The summed E-state index contributed by atoms with van der Waals surface area (Å²) in [5.41, 5.74) is 1.62. The van der Waals surface area contributed by atoms with Gasteiger partial charge in [-0.1, -0.05) is 6.07 Å². The Morgan fingerprint density at radius 3 is 2.29 bits per heavy atom. The zero-order valence-electron chi connectivity index (χ0n) is 9.58. The molecule has 0 aromatic heterocycles. The van der Waals surface area contributed by atoms with Gasteiger partial charge in [0.25, 0.3) is 0 Å². The molecule has 86 valence electrons. The Kier molecular flexibility index (Phi) is 2.08. The first kappa shape index (κ1) is 10.1. The number of rotatable bonds is 0. The molecule has 1 aliphatic rings. The molecule has 0 saturated carbocycles. The summed E-state index contributed by atoms with van der Waals surface area (Å²) in [5, 5.41) is 0. The molecule has 0 amide bonds. The second kappa shape index (κ2) is 3.48. The van der Waals surface area contributed by atoms with Crippen LogP contribution in [0.15, 0.2) is 30.3 Å². The number of hydrogen-bond acceptors (Lipinski definition) is 2. The fourth-order valence-electron chi connectivity index (χ4n) is 1.81. The molecule has 17 heavy (non-hydrogen) atoms. The molecule has 0 aliphatic carbocycles. The lowest BCUT2D eigenvalue weighted by atomic mass is 10.1. The molecule has 1 heterocycles. The third-order valence-corrected chi connectivity index (χ3v) is 2.76. The minimum Gasteiger partial charge on any atom is -0.449 e. The predicted octanol–water partition coefficient (Wildman–Crippen LogP) is 4.34. The topological polar surface area (TPSA) is 18.5 Å². The highest BCUT2D eigenvalue weighted by Gasteiger charge is 2.20. The molecule has 0 bridgehead atoms. The van der Waals surface area contributed by atoms with Crippen LogP contribution in [0.3, 0.4) is 0 Å². The Hall–Kier alpha value is -2.03. The van der Waals surface area contributed by atoms with E-state index in [2.05, 4.69) is 0 Å². The Morgan fingerprint density at radius 1 is 0.824 bits per heavy atom. The van der Waals surface area contributed by atoms with Crippen LogP contribution in [0.2, 0.25) is 0 Å².